The average Bonchev–Trinajstić information content (AvgIpc) is 3.27. The minimum Gasteiger partial charge on any atom is -0.405 e. The van der Waals surface area contributed by atoms with Crippen LogP contribution in [0.2, 0.25) is 0 Å². The molecule has 0 radical (unpaired) electrons. The fraction of sp³-hybridized carbons (Fsp3) is 0.286. The second kappa shape index (κ2) is 5.47. The van der Waals surface area contributed by atoms with Gasteiger partial charge in [-0.15, -0.1) is 16.4 Å². The Labute approximate surface area is 129 Å². The number of ether oxygens (including phenoxy) is 1. The Bertz CT molecular complexity index is 822. The smallest absolute Gasteiger partial charge is 0.322 e. The average molecular weight is 316 g/mol. The summed E-state index contributed by atoms with van der Waals surface area (Å²) >= 11 is 1.49. The number of carbonyl (C=O) groups excluding carboxylic acids is 1. The van der Waals surface area contributed by atoms with Crippen molar-refractivity contribution in [2.24, 2.45) is 0 Å². The van der Waals surface area contributed by atoms with Crippen molar-refractivity contribution >= 4 is 33.5 Å². The van der Waals surface area contributed by atoms with Crippen LogP contribution < -0.4 is 5.32 Å². The molecule has 22 heavy (non-hydrogen) atoms. The number of benzene rings is 1. The SMILES string of the molecule is O=C(Nc1nnc(C2CCCO2)o1)c1ccc2ncsc2c1. The third-order valence-corrected chi connectivity index (χ3v) is 4.25. The van der Waals surface area contributed by atoms with Crippen LogP contribution in [0.5, 0.6) is 0 Å². The van der Waals surface area contributed by atoms with Crippen molar-refractivity contribution in [1.82, 2.24) is 15.2 Å². The number of hydrogen-bond acceptors (Lipinski definition) is 7. The topological polar surface area (TPSA) is 90.1 Å². The number of nitrogens with one attached hydrogen (secondary N) is 1. The highest BCUT2D eigenvalue weighted by Gasteiger charge is 2.24. The molecule has 1 aromatic carbocycles. The molecule has 1 unspecified atom stereocenters. The van der Waals surface area contributed by atoms with Gasteiger partial charge in [0.15, 0.2) is 0 Å². The maximum atomic E-state index is 12.2. The molecule has 112 valence electrons. The Morgan fingerprint density at radius 3 is 3.18 bits per heavy atom. The van der Waals surface area contributed by atoms with Gasteiger partial charge in [0.25, 0.3) is 5.91 Å². The monoisotopic (exact) mass is 316 g/mol. The second-order valence-corrected chi connectivity index (χ2v) is 5.82. The van der Waals surface area contributed by atoms with Gasteiger partial charge in [0, 0.05) is 12.2 Å². The van der Waals surface area contributed by atoms with Crippen LogP contribution in [0, 0.1) is 0 Å². The largest absolute Gasteiger partial charge is 0.405 e. The van der Waals surface area contributed by atoms with Crippen LogP contribution in [0.4, 0.5) is 6.01 Å². The van der Waals surface area contributed by atoms with Crippen LogP contribution >= 0.6 is 11.3 Å². The summed E-state index contributed by atoms with van der Waals surface area (Å²) in [7, 11) is 0. The summed E-state index contributed by atoms with van der Waals surface area (Å²) in [5, 5.41) is 10.4. The van der Waals surface area contributed by atoms with E-state index in [9.17, 15) is 4.79 Å². The molecule has 1 saturated heterocycles. The minimum atomic E-state index is -0.294. The summed E-state index contributed by atoms with van der Waals surface area (Å²) in [5.74, 6) is 0.114. The number of nitrogens with zero attached hydrogens (tertiary/aromatic N) is 3. The molecule has 1 aliphatic rings. The molecule has 0 bridgehead atoms. The highest BCUT2D eigenvalue weighted by molar-refractivity contribution is 7.16. The molecule has 8 heteroatoms. The van der Waals surface area contributed by atoms with Crippen molar-refractivity contribution in [3.8, 4) is 0 Å². The summed E-state index contributed by atoms with van der Waals surface area (Å²) in [6.07, 6.45) is 1.67. The van der Waals surface area contributed by atoms with Gasteiger partial charge < -0.3 is 9.15 Å². The predicted octanol–water partition coefficient (Wildman–Crippen LogP) is 2.78. The number of fused-ring (bicyclic) bond motifs is 1. The Morgan fingerprint density at radius 2 is 2.32 bits per heavy atom. The van der Waals surface area contributed by atoms with Crippen LogP contribution in [-0.2, 0) is 4.74 Å². The lowest BCUT2D eigenvalue weighted by molar-refractivity contribution is 0.0893. The zero-order chi connectivity index (χ0) is 14.9. The molecule has 3 heterocycles. The van der Waals surface area contributed by atoms with E-state index in [1.165, 1.54) is 11.3 Å². The minimum absolute atomic E-state index is 0.0832. The molecule has 1 aliphatic heterocycles. The number of amides is 1. The Hall–Kier alpha value is -2.32. The van der Waals surface area contributed by atoms with E-state index in [1.807, 2.05) is 6.07 Å². The van der Waals surface area contributed by atoms with Gasteiger partial charge in [-0.1, -0.05) is 5.10 Å². The Balaban J connectivity index is 1.51. The van der Waals surface area contributed by atoms with E-state index < -0.39 is 0 Å². The van der Waals surface area contributed by atoms with Crippen LogP contribution in [0.15, 0.2) is 28.1 Å². The van der Waals surface area contributed by atoms with Gasteiger partial charge >= 0.3 is 6.01 Å². The van der Waals surface area contributed by atoms with E-state index in [2.05, 4.69) is 20.5 Å². The van der Waals surface area contributed by atoms with Crippen molar-refractivity contribution in [2.45, 2.75) is 18.9 Å². The summed E-state index contributed by atoms with van der Waals surface area (Å²) in [5.41, 5.74) is 3.15. The Morgan fingerprint density at radius 1 is 1.36 bits per heavy atom. The fourth-order valence-corrected chi connectivity index (χ4v) is 3.07. The van der Waals surface area contributed by atoms with Crippen molar-refractivity contribution in [2.75, 3.05) is 11.9 Å². The first-order chi connectivity index (χ1) is 10.8. The molecule has 0 saturated carbocycles. The zero-order valence-electron chi connectivity index (χ0n) is 11.5. The van der Waals surface area contributed by atoms with Gasteiger partial charge in [-0.25, -0.2) is 4.98 Å². The van der Waals surface area contributed by atoms with Gasteiger partial charge in [-0.2, -0.15) is 0 Å². The molecule has 0 spiro atoms. The van der Waals surface area contributed by atoms with Crippen molar-refractivity contribution in [3.05, 3.63) is 35.2 Å². The number of thiazole rings is 1. The van der Waals surface area contributed by atoms with Gasteiger partial charge in [0.1, 0.15) is 6.10 Å². The van der Waals surface area contributed by atoms with Crippen LogP contribution in [0.25, 0.3) is 10.2 Å². The van der Waals surface area contributed by atoms with E-state index in [-0.39, 0.29) is 18.0 Å². The first-order valence-electron chi connectivity index (χ1n) is 6.89. The molecule has 1 N–H and O–H groups in total. The molecule has 1 atom stereocenters. The van der Waals surface area contributed by atoms with E-state index >= 15 is 0 Å². The number of anilines is 1. The third kappa shape index (κ3) is 2.46. The van der Waals surface area contributed by atoms with Crippen molar-refractivity contribution in [1.29, 1.82) is 0 Å². The standard InChI is InChI=1S/C14H12N4O3S/c19-12(8-3-4-9-11(6-8)22-7-15-9)16-14-18-17-13(21-14)10-2-1-5-20-10/h3-4,6-7,10H,1-2,5H2,(H,16,18,19). The normalized spacial score (nSPS) is 17.9. The van der Waals surface area contributed by atoms with Crippen LogP contribution in [0.1, 0.15) is 35.2 Å². The van der Waals surface area contributed by atoms with Crippen molar-refractivity contribution < 1.29 is 13.9 Å². The summed E-state index contributed by atoms with van der Waals surface area (Å²) in [6, 6.07) is 5.40. The summed E-state index contributed by atoms with van der Waals surface area (Å²) in [4.78, 5) is 16.4. The van der Waals surface area contributed by atoms with Crippen LogP contribution in [0.3, 0.4) is 0 Å². The Kier molecular flexibility index (Phi) is 3.32. The zero-order valence-corrected chi connectivity index (χ0v) is 12.3. The second-order valence-electron chi connectivity index (χ2n) is 4.94. The lowest BCUT2D eigenvalue weighted by Crippen LogP contribution is -2.11. The number of aromatic nitrogens is 3. The third-order valence-electron chi connectivity index (χ3n) is 3.46. The molecule has 2 aromatic heterocycles. The van der Waals surface area contributed by atoms with E-state index in [1.54, 1.807) is 17.6 Å². The van der Waals surface area contributed by atoms with E-state index in [4.69, 9.17) is 9.15 Å². The first-order valence-corrected chi connectivity index (χ1v) is 7.77. The molecule has 7 nitrogen and oxygen atoms in total. The van der Waals surface area contributed by atoms with Gasteiger partial charge in [0.05, 0.1) is 15.7 Å². The molecule has 1 fully saturated rings. The molecule has 4 rings (SSSR count). The fourth-order valence-electron chi connectivity index (χ4n) is 2.35. The molecule has 1 amide bonds. The van der Waals surface area contributed by atoms with Gasteiger partial charge in [-0.3, -0.25) is 10.1 Å². The quantitative estimate of drug-likeness (QED) is 0.799. The molecule has 0 aliphatic carbocycles. The molecular weight excluding hydrogens is 304 g/mol. The lowest BCUT2D eigenvalue weighted by Gasteiger charge is -2.02. The van der Waals surface area contributed by atoms with Gasteiger partial charge in [-0.05, 0) is 31.0 Å². The lowest BCUT2D eigenvalue weighted by atomic mass is 10.2. The first kappa shape index (κ1) is 13.4. The number of carbonyl (C=O) groups is 1. The predicted molar refractivity (Wildman–Crippen MR) is 79.8 cm³/mol. The van der Waals surface area contributed by atoms with Crippen molar-refractivity contribution in [3.63, 3.8) is 0 Å². The number of rotatable bonds is 3. The molecule has 3 aromatic rings. The van der Waals surface area contributed by atoms with E-state index in [0.717, 1.165) is 23.1 Å². The van der Waals surface area contributed by atoms with E-state index in [0.29, 0.717) is 18.1 Å². The molecular formula is C14H12N4O3S. The maximum Gasteiger partial charge on any atom is 0.322 e. The van der Waals surface area contributed by atoms with Gasteiger partial charge in [0.2, 0.25) is 5.89 Å². The number of hydrogen-bond donors (Lipinski definition) is 1. The highest BCUT2D eigenvalue weighted by atomic mass is 32.1. The maximum absolute atomic E-state index is 12.2. The summed E-state index contributed by atoms with van der Waals surface area (Å²) in [6.45, 7) is 0.698. The highest BCUT2D eigenvalue weighted by Crippen LogP contribution is 2.28. The summed E-state index contributed by atoms with van der Waals surface area (Å²) < 4.78 is 11.9. The van der Waals surface area contributed by atoms with Crippen LogP contribution in [-0.4, -0.2) is 27.7 Å².